The monoisotopic (exact) mass is 317 g/mol. The minimum atomic E-state index is -0.00465. The lowest BCUT2D eigenvalue weighted by Crippen LogP contribution is -3.08. The normalized spacial score (nSPS) is 12.0. The molecule has 0 saturated carbocycles. The number of hydrogen-bond acceptors (Lipinski definition) is 1. The maximum Gasteiger partial charge on any atom is 0.279 e. The third kappa shape index (κ3) is 4.58. The molecule has 0 bridgehead atoms. The Morgan fingerprint density at radius 3 is 2.50 bits per heavy atom. The highest BCUT2D eigenvalue weighted by Gasteiger charge is 2.12. The van der Waals surface area contributed by atoms with Crippen molar-refractivity contribution in [3.05, 3.63) is 64.2 Å². The van der Waals surface area contributed by atoms with Crippen molar-refractivity contribution in [3.63, 3.8) is 0 Å². The van der Waals surface area contributed by atoms with Gasteiger partial charge in [-0.3, -0.25) is 4.79 Å². The fraction of sp³-hybridized carbons (Fsp3) is 0.278. The van der Waals surface area contributed by atoms with E-state index in [0.717, 1.165) is 22.7 Å². The number of halogens is 1. The van der Waals surface area contributed by atoms with E-state index >= 15 is 0 Å². The zero-order valence-corrected chi connectivity index (χ0v) is 14.0. The van der Waals surface area contributed by atoms with Crippen LogP contribution < -0.4 is 10.2 Å². The van der Waals surface area contributed by atoms with Crippen LogP contribution in [0.4, 0.5) is 5.69 Å². The van der Waals surface area contributed by atoms with Gasteiger partial charge < -0.3 is 10.2 Å². The van der Waals surface area contributed by atoms with E-state index in [9.17, 15) is 4.79 Å². The van der Waals surface area contributed by atoms with Gasteiger partial charge in [0.2, 0.25) is 0 Å². The summed E-state index contributed by atoms with van der Waals surface area (Å²) in [5.74, 6) is -0.00465. The first-order valence-corrected chi connectivity index (χ1v) is 7.75. The molecule has 0 aliphatic carbocycles. The van der Waals surface area contributed by atoms with Crippen LogP contribution in [-0.4, -0.2) is 19.5 Å². The van der Waals surface area contributed by atoms with Gasteiger partial charge in [0.15, 0.2) is 6.54 Å². The number of carbonyl (C=O) groups is 1. The average molecular weight is 318 g/mol. The van der Waals surface area contributed by atoms with Crippen LogP contribution in [0, 0.1) is 13.8 Å². The molecule has 0 radical (unpaired) electrons. The van der Waals surface area contributed by atoms with Crippen LogP contribution >= 0.6 is 11.6 Å². The maximum atomic E-state index is 12.2. The molecule has 1 unspecified atom stereocenters. The van der Waals surface area contributed by atoms with Crippen molar-refractivity contribution in [3.8, 4) is 0 Å². The van der Waals surface area contributed by atoms with Crippen LogP contribution in [0.2, 0.25) is 5.02 Å². The molecule has 0 saturated heterocycles. The van der Waals surface area contributed by atoms with Crippen molar-refractivity contribution in [2.75, 3.05) is 18.9 Å². The van der Waals surface area contributed by atoms with Crippen molar-refractivity contribution in [1.82, 2.24) is 0 Å². The van der Waals surface area contributed by atoms with Crippen molar-refractivity contribution < 1.29 is 9.69 Å². The van der Waals surface area contributed by atoms with E-state index in [1.165, 1.54) is 11.1 Å². The van der Waals surface area contributed by atoms with E-state index in [1.54, 1.807) is 0 Å². The number of amides is 1. The SMILES string of the molecule is Cc1ccc(C[NH+](C)CC(=O)Nc2cccc(Cl)c2C)cc1. The third-order valence-corrected chi connectivity index (χ3v) is 4.04. The first-order chi connectivity index (χ1) is 10.5. The molecule has 2 aromatic carbocycles. The fourth-order valence-electron chi connectivity index (χ4n) is 2.33. The molecule has 0 aliphatic heterocycles. The van der Waals surface area contributed by atoms with Crippen LogP contribution in [0.25, 0.3) is 0 Å². The minimum absolute atomic E-state index is 0.00465. The summed E-state index contributed by atoms with van der Waals surface area (Å²) in [6.07, 6.45) is 0. The summed E-state index contributed by atoms with van der Waals surface area (Å²) in [7, 11) is 2.02. The van der Waals surface area contributed by atoms with E-state index in [-0.39, 0.29) is 5.91 Å². The van der Waals surface area contributed by atoms with Gasteiger partial charge in [0.1, 0.15) is 6.54 Å². The van der Waals surface area contributed by atoms with Crippen LogP contribution in [-0.2, 0) is 11.3 Å². The van der Waals surface area contributed by atoms with Crippen molar-refractivity contribution in [1.29, 1.82) is 0 Å². The second-order valence-electron chi connectivity index (χ2n) is 5.76. The molecule has 1 amide bonds. The molecular formula is C18H22ClN2O+. The summed E-state index contributed by atoms with van der Waals surface area (Å²) >= 11 is 6.07. The van der Waals surface area contributed by atoms with Crippen LogP contribution in [0.5, 0.6) is 0 Å². The molecule has 2 rings (SSSR count). The second kappa shape index (κ2) is 7.43. The Morgan fingerprint density at radius 2 is 1.82 bits per heavy atom. The minimum Gasteiger partial charge on any atom is -0.326 e. The first kappa shape index (κ1) is 16.5. The summed E-state index contributed by atoms with van der Waals surface area (Å²) < 4.78 is 0. The molecule has 0 aliphatic rings. The number of rotatable bonds is 5. The summed E-state index contributed by atoms with van der Waals surface area (Å²) in [6.45, 7) is 5.21. The number of carbonyl (C=O) groups excluding carboxylic acids is 1. The molecule has 0 heterocycles. The van der Waals surface area contributed by atoms with Crippen LogP contribution in [0.3, 0.4) is 0 Å². The maximum absolute atomic E-state index is 12.2. The fourth-order valence-corrected chi connectivity index (χ4v) is 2.50. The highest BCUT2D eigenvalue weighted by atomic mass is 35.5. The number of nitrogens with one attached hydrogen (secondary N) is 2. The van der Waals surface area contributed by atoms with Crippen LogP contribution in [0.1, 0.15) is 16.7 Å². The molecule has 0 fully saturated rings. The van der Waals surface area contributed by atoms with Gasteiger partial charge in [-0.2, -0.15) is 0 Å². The highest BCUT2D eigenvalue weighted by Crippen LogP contribution is 2.22. The lowest BCUT2D eigenvalue weighted by atomic mass is 10.1. The third-order valence-electron chi connectivity index (χ3n) is 3.63. The molecular weight excluding hydrogens is 296 g/mol. The van der Waals surface area contributed by atoms with E-state index in [0.29, 0.717) is 11.6 Å². The summed E-state index contributed by atoms with van der Waals surface area (Å²) in [6, 6.07) is 13.9. The van der Waals surface area contributed by atoms with E-state index in [1.807, 2.05) is 32.2 Å². The Labute approximate surface area is 136 Å². The highest BCUT2D eigenvalue weighted by molar-refractivity contribution is 6.31. The van der Waals surface area contributed by atoms with Crippen molar-refractivity contribution >= 4 is 23.2 Å². The van der Waals surface area contributed by atoms with Gasteiger partial charge >= 0.3 is 0 Å². The van der Waals surface area contributed by atoms with Gasteiger partial charge in [-0.15, -0.1) is 0 Å². The summed E-state index contributed by atoms with van der Waals surface area (Å²) in [4.78, 5) is 13.3. The van der Waals surface area contributed by atoms with Crippen LogP contribution in [0.15, 0.2) is 42.5 Å². The number of aryl methyl sites for hydroxylation is 1. The van der Waals surface area contributed by atoms with Crippen molar-refractivity contribution in [2.45, 2.75) is 20.4 Å². The predicted molar refractivity (Wildman–Crippen MR) is 91.5 cm³/mol. The molecule has 1 atom stereocenters. The van der Waals surface area contributed by atoms with E-state index in [2.05, 4.69) is 36.5 Å². The van der Waals surface area contributed by atoms with Gasteiger partial charge in [0.05, 0.1) is 7.05 Å². The molecule has 2 aromatic rings. The Balaban J connectivity index is 1.91. The Morgan fingerprint density at radius 1 is 1.14 bits per heavy atom. The summed E-state index contributed by atoms with van der Waals surface area (Å²) in [5, 5.41) is 3.60. The topological polar surface area (TPSA) is 33.5 Å². The molecule has 3 nitrogen and oxygen atoms in total. The Hall–Kier alpha value is -1.84. The average Bonchev–Trinajstić information content (AvgIpc) is 2.46. The lowest BCUT2D eigenvalue weighted by Gasteiger charge is -2.15. The number of likely N-dealkylation sites (N-methyl/N-ethyl adjacent to an activating group) is 1. The molecule has 0 spiro atoms. The largest absolute Gasteiger partial charge is 0.326 e. The van der Waals surface area contributed by atoms with E-state index < -0.39 is 0 Å². The summed E-state index contributed by atoms with van der Waals surface area (Å²) in [5.41, 5.74) is 4.15. The molecule has 2 N–H and O–H groups in total. The van der Waals surface area contributed by atoms with Gasteiger partial charge in [0, 0.05) is 16.3 Å². The molecule has 0 aromatic heterocycles. The second-order valence-corrected chi connectivity index (χ2v) is 6.16. The smallest absolute Gasteiger partial charge is 0.279 e. The zero-order chi connectivity index (χ0) is 16.1. The van der Waals surface area contributed by atoms with Gasteiger partial charge in [-0.05, 0) is 31.5 Å². The Bertz CT molecular complexity index is 653. The quantitative estimate of drug-likeness (QED) is 0.873. The first-order valence-electron chi connectivity index (χ1n) is 7.37. The molecule has 4 heteroatoms. The zero-order valence-electron chi connectivity index (χ0n) is 13.2. The predicted octanol–water partition coefficient (Wildman–Crippen LogP) is 2.61. The number of quaternary nitrogens is 1. The number of hydrogen-bond donors (Lipinski definition) is 2. The van der Waals surface area contributed by atoms with E-state index in [4.69, 9.17) is 11.6 Å². The molecule has 22 heavy (non-hydrogen) atoms. The van der Waals surface area contributed by atoms with Gasteiger partial charge in [-0.25, -0.2) is 0 Å². The standard InChI is InChI=1S/C18H21ClN2O/c1-13-7-9-15(10-8-13)11-21(3)12-18(22)20-17-6-4-5-16(19)14(17)2/h4-10H,11-12H2,1-3H3,(H,20,22)/p+1. The Kier molecular flexibility index (Phi) is 5.58. The molecule has 116 valence electrons. The van der Waals surface area contributed by atoms with Gasteiger partial charge in [0.25, 0.3) is 5.91 Å². The van der Waals surface area contributed by atoms with Crippen molar-refractivity contribution in [2.24, 2.45) is 0 Å². The number of benzene rings is 2. The van der Waals surface area contributed by atoms with Gasteiger partial charge in [-0.1, -0.05) is 47.5 Å². The lowest BCUT2D eigenvalue weighted by molar-refractivity contribution is -0.885. The number of anilines is 1.